The van der Waals surface area contributed by atoms with Crippen molar-refractivity contribution in [3.8, 4) is 5.75 Å². The Hall–Kier alpha value is -3.15. The summed E-state index contributed by atoms with van der Waals surface area (Å²) in [6.07, 6.45) is 0. The molecule has 0 bridgehead atoms. The number of hydrogen-bond donors (Lipinski definition) is 1. The van der Waals surface area contributed by atoms with Crippen molar-refractivity contribution in [2.45, 2.75) is 13.8 Å². The van der Waals surface area contributed by atoms with Gasteiger partial charge in [-0.05, 0) is 43.2 Å². The molecule has 25 heavy (non-hydrogen) atoms. The maximum absolute atomic E-state index is 11.8. The molecule has 0 saturated heterocycles. The number of nitrogens with one attached hydrogen (secondary N) is 1. The minimum Gasteiger partial charge on any atom is -0.482 e. The van der Waals surface area contributed by atoms with Gasteiger partial charge in [-0.2, -0.15) is 0 Å². The fourth-order valence-electron chi connectivity index (χ4n) is 2.01. The molecule has 0 saturated carbocycles. The largest absolute Gasteiger partial charge is 0.482 e. The number of carbonyl (C=O) groups is 3. The fourth-order valence-corrected chi connectivity index (χ4v) is 2.01. The van der Waals surface area contributed by atoms with Crippen molar-refractivity contribution in [1.82, 2.24) is 5.32 Å². The number of imide groups is 1. The first kappa shape index (κ1) is 18.2. The Bertz CT molecular complexity index is 771. The van der Waals surface area contributed by atoms with E-state index >= 15 is 0 Å². The third-order valence-corrected chi connectivity index (χ3v) is 3.34. The molecule has 0 aromatic heterocycles. The van der Waals surface area contributed by atoms with Gasteiger partial charge in [0.05, 0.1) is 0 Å². The maximum atomic E-state index is 11.8. The predicted octanol–water partition coefficient (Wildman–Crippen LogP) is 2.18. The fraction of sp³-hybridized carbons (Fsp3) is 0.211. The average molecular weight is 341 g/mol. The quantitative estimate of drug-likeness (QED) is 0.815. The van der Waals surface area contributed by atoms with E-state index in [2.05, 4.69) is 5.32 Å². The van der Waals surface area contributed by atoms with E-state index in [9.17, 15) is 14.4 Å². The van der Waals surface area contributed by atoms with Gasteiger partial charge in [-0.1, -0.05) is 30.3 Å². The van der Waals surface area contributed by atoms with Crippen molar-refractivity contribution in [2.75, 3.05) is 13.2 Å². The number of hydrogen-bond acceptors (Lipinski definition) is 5. The van der Waals surface area contributed by atoms with E-state index in [0.29, 0.717) is 11.3 Å². The Morgan fingerprint density at radius 3 is 2.40 bits per heavy atom. The van der Waals surface area contributed by atoms with Gasteiger partial charge in [0.15, 0.2) is 13.2 Å². The molecular formula is C19H19NO5. The van der Waals surface area contributed by atoms with Crippen molar-refractivity contribution in [3.05, 3.63) is 65.2 Å². The zero-order valence-corrected chi connectivity index (χ0v) is 14.1. The van der Waals surface area contributed by atoms with Gasteiger partial charge in [-0.25, -0.2) is 4.79 Å². The first-order valence-corrected chi connectivity index (χ1v) is 7.70. The van der Waals surface area contributed by atoms with Crippen LogP contribution in [0.25, 0.3) is 0 Å². The van der Waals surface area contributed by atoms with Crippen molar-refractivity contribution < 1.29 is 23.9 Å². The third-order valence-electron chi connectivity index (χ3n) is 3.34. The van der Waals surface area contributed by atoms with Crippen LogP contribution in [-0.2, 0) is 14.3 Å². The maximum Gasteiger partial charge on any atom is 0.344 e. The zero-order chi connectivity index (χ0) is 18.2. The van der Waals surface area contributed by atoms with E-state index in [0.717, 1.165) is 11.1 Å². The number of rotatable bonds is 6. The number of benzene rings is 2. The Morgan fingerprint density at radius 2 is 1.68 bits per heavy atom. The lowest BCUT2D eigenvalue weighted by Crippen LogP contribution is -2.34. The number of ether oxygens (including phenoxy) is 2. The lowest BCUT2D eigenvalue weighted by atomic mass is 10.1. The summed E-state index contributed by atoms with van der Waals surface area (Å²) in [6, 6.07) is 13.9. The van der Waals surface area contributed by atoms with Crippen LogP contribution in [0.15, 0.2) is 48.5 Å². The third kappa shape index (κ3) is 5.76. The topological polar surface area (TPSA) is 81.7 Å². The standard InChI is InChI=1S/C19H19NO5/c1-13-8-9-14(2)16(10-13)24-12-18(22)25-11-17(21)20-19(23)15-6-4-3-5-7-15/h3-10H,11-12H2,1-2H3,(H,20,21,23). The van der Waals surface area contributed by atoms with Gasteiger partial charge < -0.3 is 9.47 Å². The van der Waals surface area contributed by atoms with E-state index in [1.165, 1.54) is 0 Å². The van der Waals surface area contributed by atoms with Gasteiger partial charge in [0, 0.05) is 5.56 Å². The molecule has 2 rings (SSSR count). The van der Waals surface area contributed by atoms with Crippen LogP contribution in [0.4, 0.5) is 0 Å². The molecule has 0 aliphatic heterocycles. The van der Waals surface area contributed by atoms with Gasteiger partial charge in [-0.15, -0.1) is 0 Å². The molecule has 0 aliphatic rings. The summed E-state index contributed by atoms with van der Waals surface area (Å²) in [4.78, 5) is 35.1. The van der Waals surface area contributed by atoms with Gasteiger partial charge in [0.2, 0.25) is 0 Å². The van der Waals surface area contributed by atoms with Crippen molar-refractivity contribution >= 4 is 17.8 Å². The number of aryl methyl sites for hydroxylation is 2. The number of esters is 1. The molecule has 0 aliphatic carbocycles. The molecule has 1 N–H and O–H groups in total. The molecule has 0 radical (unpaired) electrons. The van der Waals surface area contributed by atoms with Gasteiger partial charge >= 0.3 is 5.97 Å². The monoisotopic (exact) mass is 341 g/mol. The van der Waals surface area contributed by atoms with Gasteiger partial charge in [-0.3, -0.25) is 14.9 Å². The van der Waals surface area contributed by atoms with Crippen LogP contribution in [0.5, 0.6) is 5.75 Å². The molecule has 2 aromatic carbocycles. The predicted molar refractivity (Wildman–Crippen MR) is 91.3 cm³/mol. The summed E-state index contributed by atoms with van der Waals surface area (Å²) >= 11 is 0. The van der Waals surface area contributed by atoms with Crippen molar-refractivity contribution in [3.63, 3.8) is 0 Å². The minimum atomic E-state index is -0.700. The number of amides is 2. The van der Waals surface area contributed by atoms with Crippen molar-refractivity contribution in [1.29, 1.82) is 0 Å². The summed E-state index contributed by atoms with van der Waals surface area (Å²) in [7, 11) is 0. The van der Waals surface area contributed by atoms with Gasteiger partial charge in [0.1, 0.15) is 5.75 Å². The highest BCUT2D eigenvalue weighted by molar-refractivity contribution is 6.05. The molecule has 130 valence electrons. The minimum absolute atomic E-state index is 0.315. The van der Waals surface area contributed by atoms with Crippen LogP contribution in [0.2, 0.25) is 0 Å². The molecule has 0 spiro atoms. The summed E-state index contributed by atoms with van der Waals surface area (Å²) in [5.74, 6) is -1.36. The lowest BCUT2D eigenvalue weighted by Gasteiger charge is -2.10. The second kappa shape index (κ2) is 8.63. The second-order valence-electron chi connectivity index (χ2n) is 5.46. The lowest BCUT2D eigenvalue weighted by molar-refractivity contribution is -0.150. The smallest absolute Gasteiger partial charge is 0.344 e. The Morgan fingerprint density at radius 1 is 0.960 bits per heavy atom. The van der Waals surface area contributed by atoms with Crippen LogP contribution in [0.1, 0.15) is 21.5 Å². The highest BCUT2D eigenvalue weighted by atomic mass is 16.6. The van der Waals surface area contributed by atoms with Crippen molar-refractivity contribution in [2.24, 2.45) is 0 Å². The molecule has 2 amide bonds. The molecule has 6 nitrogen and oxygen atoms in total. The molecule has 0 atom stereocenters. The normalized spacial score (nSPS) is 10.0. The van der Waals surface area contributed by atoms with Crippen LogP contribution < -0.4 is 10.1 Å². The average Bonchev–Trinajstić information content (AvgIpc) is 2.61. The Labute approximate surface area is 145 Å². The summed E-state index contributed by atoms with van der Waals surface area (Å²) < 4.78 is 10.2. The molecule has 6 heteroatoms. The zero-order valence-electron chi connectivity index (χ0n) is 14.1. The summed E-state index contributed by atoms with van der Waals surface area (Å²) in [5, 5.41) is 2.15. The summed E-state index contributed by atoms with van der Waals surface area (Å²) in [6.45, 7) is 2.92. The van der Waals surface area contributed by atoms with Gasteiger partial charge in [0.25, 0.3) is 11.8 Å². The van der Waals surface area contributed by atoms with E-state index in [1.54, 1.807) is 30.3 Å². The van der Waals surface area contributed by atoms with Crippen LogP contribution in [0.3, 0.4) is 0 Å². The number of carbonyl (C=O) groups excluding carboxylic acids is 3. The Kier molecular flexibility index (Phi) is 6.28. The van der Waals surface area contributed by atoms with Crippen LogP contribution in [-0.4, -0.2) is 31.0 Å². The Balaban J connectivity index is 1.75. The molecule has 0 unspecified atom stereocenters. The molecule has 0 heterocycles. The highest BCUT2D eigenvalue weighted by Crippen LogP contribution is 2.18. The highest BCUT2D eigenvalue weighted by Gasteiger charge is 2.13. The molecule has 0 fully saturated rings. The first-order chi connectivity index (χ1) is 12.0. The van der Waals surface area contributed by atoms with E-state index in [4.69, 9.17) is 9.47 Å². The van der Waals surface area contributed by atoms with E-state index in [1.807, 2.05) is 32.0 Å². The van der Waals surface area contributed by atoms with E-state index < -0.39 is 24.4 Å². The molecular weight excluding hydrogens is 322 g/mol. The summed E-state index contributed by atoms with van der Waals surface area (Å²) in [5.41, 5.74) is 2.25. The first-order valence-electron chi connectivity index (χ1n) is 7.70. The van der Waals surface area contributed by atoms with Crippen LogP contribution >= 0.6 is 0 Å². The van der Waals surface area contributed by atoms with E-state index in [-0.39, 0.29) is 6.61 Å². The SMILES string of the molecule is Cc1ccc(C)c(OCC(=O)OCC(=O)NC(=O)c2ccccc2)c1. The molecule has 2 aromatic rings. The van der Waals surface area contributed by atoms with Crippen LogP contribution in [0, 0.1) is 13.8 Å². The second-order valence-corrected chi connectivity index (χ2v) is 5.46.